The maximum Gasteiger partial charge on any atom is 0.321 e. The summed E-state index contributed by atoms with van der Waals surface area (Å²) in [7, 11) is 0. The minimum absolute atomic E-state index is 0.110. The van der Waals surface area contributed by atoms with E-state index >= 15 is 0 Å². The number of carbonyl (C=O) groups excluding carboxylic acids is 2. The smallest absolute Gasteiger partial charge is 0.321 e. The second kappa shape index (κ2) is 9.49. The number of urea groups is 1. The Morgan fingerprint density at radius 3 is 2.79 bits per heavy atom. The Kier molecular flexibility index (Phi) is 6.80. The zero-order valence-electron chi connectivity index (χ0n) is 14.2. The number of nitrogens with zero attached hydrogens (tertiary/aromatic N) is 3. The van der Waals surface area contributed by atoms with Gasteiger partial charge < -0.3 is 10.6 Å². The van der Waals surface area contributed by atoms with Crippen LogP contribution in [0.1, 0.15) is 21.7 Å². The van der Waals surface area contributed by atoms with Crippen LogP contribution in [-0.2, 0) is 13.0 Å². The maximum atomic E-state index is 12.0. The Morgan fingerprint density at radius 1 is 1.18 bits per heavy atom. The van der Waals surface area contributed by atoms with Gasteiger partial charge in [0.05, 0.1) is 15.7 Å². The molecule has 0 aliphatic carbocycles. The quantitative estimate of drug-likeness (QED) is 0.518. The first kappa shape index (κ1) is 20.1. The van der Waals surface area contributed by atoms with Crippen molar-refractivity contribution in [3.63, 3.8) is 0 Å². The molecule has 0 bridgehead atoms. The van der Waals surface area contributed by atoms with E-state index < -0.39 is 0 Å². The molecule has 0 spiro atoms. The van der Waals surface area contributed by atoms with E-state index in [9.17, 15) is 9.59 Å². The number of anilines is 1. The van der Waals surface area contributed by atoms with Crippen molar-refractivity contribution in [2.24, 2.45) is 0 Å². The Morgan fingerprint density at radius 2 is 2.04 bits per heavy atom. The third kappa shape index (κ3) is 5.65. The van der Waals surface area contributed by atoms with Gasteiger partial charge in [0.25, 0.3) is 5.91 Å². The summed E-state index contributed by atoms with van der Waals surface area (Å²) in [6, 6.07) is 4.75. The third-order valence-corrected chi connectivity index (χ3v) is 5.02. The summed E-state index contributed by atoms with van der Waals surface area (Å²) < 4.78 is 4.37. The minimum atomic E-state index is -0.390. The monoisotopic (exact) mass is 440 g/mol. The van der Waals surface area contributed by atoms with Crippen molar-refractivity contribution in [1.82, 2.24) is 25.9 Å². The second-order valence-electron chi connectivity index (χ2n) is 5.50. The predicted molar refractivity (Wildman–Crippen MR) is 105 cm³/mol. The molecule has 0 fully saturated rings. The molecule has 3 rings (SSSR count). The van der Waals surface area contributed by atoms with Crippen molar-refractivity contribution in [2.45, 2.75) is 13.0 Å². The van der Waals surface area contributed by atoms with Gasteiger partial charge in [0.15, 0.2) is 10.8 Å². The Bertz CT molecular complexity index is 963. The fraction of sp³-hybridized carbons (Fsp3) is 0.188. The number of carbonyl (C=O) groups is 2. The zero-order valence-corrected chi connectivity index (χ0v) is 16.6. The molecule has 2 heterocycles. The normalized spacial score (nSPS) is 10.5. The molecule has 0 radical (unpaired) electrons. The van der Waals surface area contributed by atoms with Crippen LogP contribution in [0, 0.1) is 0 Å². The summed E-state index contributed by atoms with van der Waals surface area (Å²) in [5.74, 6) is -0.378. The molecule has 3 amide bonds. The topological polar surface area (TPSA) is 122 Å². The van der Waals surface area contributed by atoms with Crippen LogP contribution in [0.5, 0.6) is 0 Å². The van der Waals surface area contributed by atoms with Gasteiger partial charge in [-0.25, -0.2) is 14.4 Å². The predicted octanol–water partition coefficient (Wildman–Crippen LogP) is 3.13. The molecular formula is C16H14Cl2N6O3S. The first-order valence-corrected chi connectivity index (χ1v) is 9.64. The summed E-state index contributed by atoms with van der Waals surface area (Å²) in [5.41, 5.74) is 1.67. The van der Waals surface area contributed by atoms with E-state index in [1.54, 1.807) is 23.6 Å². The number of amides is 3. The third-order valence-electron chi connectivity index (χ3n) is 3.47. The van der Waals surface area contributed by atoms with Gasteiger partial charge in [0.1, 0.15) is 6.20 Å². The maximum absolute atomic E-state index is 12.0. The highest BCUT2D eigenvalue weighted by Gasteiger charge is 2.10. The average Bonchev–Trinajstić information content (AvgIpc) is 3.35. The largest absolute Gasteiger partial charge is 0.350 e. The number of hydrogen-bond donors (Lipinski definition) is 3. The molecule has 1 aromatic carbocycles. The molecule has 0 atom stereocenters. The van der Waals surface area contributed by atoms with Crippen LogP contribution in [0.3, 0.4) is 0 Å². The highest BCUT2D eigenvalue weighted by molar-refractivity contribution is 7.13. The van der Waals surface area contributed by atoms with Crippen LogP contribution < -0.4 is 16.0 Å². The first-order chi connectivity index (χ1) is 13.5. The molecule has 0 saturated heterocycles. The summed E-state index contributed by atoms with van der Waals surface area (Å²) in [4.78, 5) is 28.0. The lowest BCUT2D eigenvalue weighted by Crippen LogP contribution is -2.28. The van der Waals surface area contributed by atoms with Crippen molar-refractivity contribution >= 4 is 51.6 Å². The van der Waals surface area contributed by atoms with Crippen LogP contribution in [-0.4, -0.2) is 33.8 Å². The van der Waals surface area contributed by atoms with E-state index in [1.807, 2.05) is 0 Å². The van der Waals surface area contributed by atoms with Gasteiger partial charge in [-0.05, 0) is 22.9 Å². The van der Waals surface area contributed by atoms with Gasteiger partial charge in [-0.15, -0.1) is 11.3 Å². The molecule has 3 aromatic rings. The highest BCUT2D eigenvalue weighted by Crippen LogP contribution is 2.22. The van der Waals surface area contributed by atoms with Crippen molar-refractivity contribution in [1.29, 1.82) is 0 Å². The van der Waals surface area contributed by atoms with Gasteiger partial charge in [-0.3, -0.25) is 10.1 Å². The van der Waals surface area contributed by atoms with Crippen LogP contribution in [0.2, 0.25) is 10.0 Å². The van der Waals surface area contributed by atoms with Gasteiger partial charge in [-0.2, -0.15) is 0 Å². The molecule has 146 valence electrons. The molecule has 3 N–H and O–H groups in total. The van der Waals surface area contributed by atoms with Gasteiger partial charge in [-0.1, -0.05) is 34.4 Å². The molecule has 12 heteroatoms. The summed E-state index contributed by atoms with van der Waals surface area (Å²) >= 11 is 13.1. The van der Waals surface area contributed by atoms with Crippen LogP contribution in [0.15, 0.2) is 34.4 Å². The molecule has 0 aliphatic rings. The number of hydrogen-bond acceptors (Lipinski definition) is 7. The zero-order chi connectivity index (χ0) is 19.9. The lowest BCUT2D eigenvalue weighted by atomic mass is 10.2. The SMILES string of the molecule is O=C(NCc1ccc(Cl)c(Cl)c1)Nc1nc(CCNC(=O)c2cnon2)cs1. The number of aromatic nitrogens is 3. The van der Waals surface area contributed by atoms with Crippen LogP contribution >= 0.6 is 34.5 Å². The molecule has 2 aromatic heterocycles. The van der Waals surface area contributed by atoms with E-state index in [0.717, 1.165) is 11.3 Å². The van der Waals surface area contributed by atoms with Crippen LogP contribution in [0.4, 0.5) is 9.93 Å². The van der Waals surface area contributed by atoms with Crippen molar-refractivity contribution < 1.29 is 14.2 Å². The van der Waals surface area contributed by atoms with E-state index in [2.05, 4.69) is 35.9 Å². The number of rotatable bonds is 7. The second-order valence-corrected chi connectivity index (χ2v) is 7.17. The van der Waals surface area contributed by atoms with Crippen molar-refractivity contribution in [2.75, 3.05) is 11.9 Å². The molecule has 0 aliphatic heterocycles. The fourth-order valence-electron chi connectivity index (χ4n) is 2.11. The highest BCUT2D eigenvalue weighted by atomic mass is 35.5. The molecule has 0 unspecified atom stereocenters. The standard InChI is InChI=1S/C16H14Cl2N6O3S/c17-11-2-1-9(5-12(11)18)6-20-15(26)23-16-22-10(8-28-16)3-4-19-14(25)13-7-21-27-24-13/h1-2,5,7-8H,3-4,6H2,(H,19,25)(H2,20,22,23,26). The molecule has 28 heavy (non-hydrogen) atoms. The van der Waals surface area contributed by atoms with E-state index in [-0.39, 0.29) is 17.6 Å². The van der Waals surface area contributed by atoms with Crippen molar-refractivity contribution in [3.05, 3.63) is 56.8 Å². The fourth-order valence-corrected chi connectivity index (χ4v) is 3.17. The number of benzene rings is 1. The molecule has 0 saturated carbocycles. The molecular weight excluding hydrogens is 427 g/mol. The van der Waals surface area contributed by atoms with E-state index in [1.165, 1.54) is 17.5 Å². The van der Waals surface area contributed by atoms with Gasteiger partial charge in [0, 0.05) is 24.9 Å². The van der Waals surface area contributed by atoms with Gasteiger partial charge in [0.2, 0.25) is 0 Å². The Balaban J connectivity index is 1.41. The lowest BCUT2D eigenvalue weighted by Gasteiger charge is -2.06. The van der Waals surface area contributed by atoms with E-state index in [0.29, 0.717) is 34.7 Å². The summed E-state index contributed by atoms with van der Waals surface area (Å²) in [6.45, 7) is 0.655. The summed E-state index contributed by atoms with van der Waals surface area (Å²) in [6.07, 6.45) is 1.73. The first-order valence-electron chi connectivity index (χ1n) is 8.00. The number of nitrogens with one attached hydrogen (secondary N) is 3. The number of halogens is 2. The van der Waals surface area contributed by atoms with Crippen LogP contribution in [0.25, 0.3) is 0 Å². The Hall–Kier alpha value is -2.69. The minimum Gasteiger partial charge on any atom is -0.350 e. The summed E-state index contributed by atoms with van der Waals surface area (Å²) in [5, 5.41) is 18.0. The number of thiazole rings is 1. The lowest BCUT2D eigenvalue weighted by molar-refractivity contribution is 0.0944. The average molecular weight is 441 g/mol. The van der Waals surface area contributed by atoms with Gasteiger partial charge >= 0.3 is 6.03 Å². The molecule has 9 nitrogen and oxygen atoms in total. The van der Waals surface area contributed by atoms with Crippen molar-refractivity contribution in [3.8, 4) is 0 Å². The Labute approximate surface area is 173 Å². The van der Waals surface area contributed by atoms with E-state index in [4.69, 9.17) is 23.2 Å².